The van der Waals surface area contributed by atoms with Crippen LogP contribution in [0.15, 0.2) is 169 Å². The Morgan fingerprint density at radius 1 is 0.354 bits per heavy atom. The number of halogens is 4. The fourth-order valence-corrected chi connectivity index (χ4v) is 8.26. The Labute approximate surface area is 638 Å². The smallest absolute Gasteiger partial charge is 0.231 e. The minimum absolute atomic E-state index is 0.00748. The molecule has 16 nitrogen and oxygen atoms in total. The fraction of sp³-hybridized carbons (Fsp3) is 0.368. The van der Waals surface area contributed by atoms with Crippen LogP contribution in [-0.2, 0) is 0 Å². The first-order valence-electron chi connectivity index (χ1n) is 56.2. The van der Waals surface area contributed by atoms with Crippen LogP contribution in [0.1, 0.15) is 151 Å². The minimum atomic E-state index is -4.02. The van der Waals surface area contributed by atoms with E-state index in [-0.39, 0.29) is 57.5 Å². The quantitative estimate of drug-likeness (QED) is 0.0677. The summed E-state index contributed by atoms with van der Waals surface area (Å²) in [6, 6.07) is -7.60. The number of rotatable bonds is 16. The molecule has 4 fully saturated rings. The predicted octanol–water partition coefficient (Wildman–Crippen LogP) is 13.3. The van der Waals surface area contributed by atoms with Gasteiger partial charge in [-0.3, -0.25) is 0 Å². The van der Waals surface area contributed by atoms with Gasteiger partial charge in [0.1, 0.15) is 57.2 Å². The number of hydrogen-bond acceptors (Lipinski definition) is 16. The van der Waals surface area contributed by atoms with Gasteiger partial charge in [-0.15, -0.1) is 0 Å². The van der Waals surface area contributed by atoms with Gasteiger partial charge in [0.25, 0.3) is 0 Å². The predicted molar refractivity (Wildman–Crippen MR) is 353 cm³/mol. The molecule has 0 aliphatic carbocycles. The van der Waals surface area contributed by atoms with E-state index < -0.39 is 332 Å². The largest absolute Gasteiger partial charge is 0.493 e. The summed E-state index contributed by atoms with van der Waals surface area (Å²) < 4.78 is 596. The summed E-state index contributed by atoms with van der Waals surface area (Å²) in [5.41, 5.74) is -5.03. The van der Waals surface area contributed by atoms with E-state index in [1.54, 1.807) is 16.0 Å². The summed E-state index contributed by atoms with van der Waals surface area (Å²) in [6.45, 7) is -46.5. The van der Waals surface area contributed by atoms with Gasteiger partial charge in [-0.05, 0) is 194 Å². The zero-order valence-corrected chi connectivity index (χ0v) is 47.9. The van der Waals surface area contributed by atoms with E-state index >= 15 is 0 Å². The van der Waals surface area contributed by atoms with E-state index in [9.17, 15) is 17.6 Å². The zero-order chi connectivity index (χ0) is 117. The van der Waals surface area contributed by atoms with Crippen molar-refractivity contribution < 1.29 is 154 Å². The van der Waals surface area contributed by atoms with Crippen molar-refractivity contribution >= 4 is 0 Å². The summed E-state index contributed by atoms with van der Waals surface area (Å²) in [5, 5.41) is 6.83. The van der Waals surface area contributed by atoms with E-state index in [0.717, 1.165) is 42.5 Å². The maximum Gasteiger partial charge on any atom is 0.231 e. The molecule has 8 aromatic rings. The van der Waals surface area contributed by atoms with E-state index in [2.05, 4.69) is 0 Å². The number of fused-ring (bicyclic) bond motifs is 4. The molecule has 4 N–H and O–H groups in total. The highest BCUT2D eigenvalue weighted by molar-refractivity contribution is 5.50. The normalized spacial score (nSPS) is 44.5. The number of hydrogen-bond donors (Lipinski definition) is 4. The number of piperidine rings is 4. The summed E-state index contributed by atoms with van der Waals surface area (Å²) in [6.07, 6.45) is -14.6. The first-order valence-corrected chi connectivity index (χ1v) is 27.2. The Hall–Kier alpha value is -9.08. The zero-order valence-electron chi connectivity index (χ0n) is 106. The van der Waals surface area contributed by atoms with Gasteiger partial charge in [0, 0.05) is 115 Å². The summed E-state index contributed by atoms with van der Waals surface area (Å²) in [4.78, 5) is 0. The van der Waals surface area contributed by atoms with Crippen LogP contribution in [-0.4, -0.2) is 105 Å². The second-order valence-electron chi connectivity index (χ2n) is 18.8. The van der Waals surface area contributed by atoms with Crippen molar-refractivity contribution in [1.29, 1.82) is 0 Å². The number of benzene rings is 8. The Morgan fingerprint density at radius 2 is 0.656 bits per heavy atom. The van der Waals surface area contributed by atoms with Crippen molar-refractivity contribution in [2.24, 2.45) is 23.6 Å². The Balaban J connectivity index is 0.000000170. The SMILES string of the molecule is [2H]c1c([2H])c([C@@]2([2H])C(C([2H])([2H])Oc3ccc4c(c3)OC([2H])([2H])O4)C([2H])([2H])NC([2H])([2H])C2([2H])[2H])c([2H])c([2H])c1F.[2H]c1c([2H])c([C@@]2([2H])C(COc3ccc4c(c3)OC([2H])([2H])O4)C([2H])([2H])NC([2H])([2H])C2([2H])[2H])c([2H])c([2H])c1F.[2H]c1c([2H])c([C@]2([2H])C([2H])([2H])C([2H])([2H])NC([2H])([2H])C2([2H])C([2H])([2H])Oc2ccc3c(c2)OC([2H])([2H])O3)c([2H])c([2H])c1F.[2H]c1c([2H])c([C@]2([2H])C([2H])([2H])C([2H])([2H])NC([2H])([2H])C2([2H])COc2ccc3c(c2)OC([2H])([2H])O3)c([2H])c([2H])c1F. The Bertz CT molecular complexity index is 6850. The van der Waals surface area contributed by atoms with Crippen LogP contribution in [0.25, 0.3) is 0 Å². The highest BCUT2D eigenvalue weighted by atomic mass is 19.1. The lowest BCUT2D eigenvalue weighted by atomic mass is 9.81. The minimum Gasteiger partial charge on any atom is -0.493 e. The van der Waals surface area contributed by atoms with Crippen molar-refractivity contribution in [3.05, 3.63) is 215 Å². The van der Waals surface area contributed by atoms with Gasteiger partial charge >= 0.3 is 0 Å². The molecule has 4 saturated heterocycles. The lowest BCUT2D eigenvalue weighted by molar-refractivity contribution is 0.173. The molecule has 0 spiro atoms. The number of ether oxygens (including phenoxy) is 12. The van der Waals surface area contributed by atoms with Crippen molar-refractivity contribution in [3.8, 4) is 69.0 Å². The van der Waals surface area contributed by atoms with Crippen LogP contribution in [0.3, 0.4) is 0 Å². The molecule has 0 amide bonds. The molecule has 0 saturated carbocycles. The Kier molecular flexibility index (Phi) is 8.71. The molecule has 504 valence electrons. The van der Waals surface area contributed by atoms with Crippen LogP contribution < -0.4 is 78.1 Å². The molecule has 8 atom stereocenters. The van der Waals surface area contributed by atoms with Gasteiger partial charge in [-0.25, -0.2) is 17.6 Å². The van der Waals surface area contributed by atoms with Crippen LogP contribution in [0.4, 0.5) is 17.6 Å². The first-order chi connectivity index (χ1) is 69.3. The lowest BCUT2D eigenvalue weighted by Crippen LogP contribution is -2.38. The van der Waals surface area contributed by atoms with Gasteiger partial charge in [0.05, 0.1) is 53.7 Å². The molecular formula is C76H80F4N4O12. The summed E-state index contributed by atoms with van der Waals surface area (Å²) >= 11 is 0. The first kappa shape index (κ1) is 26.1. The molecule has 0 radical (unpaired) electrons. The van der Waals surface area contributed by atoms with E-state index in [4.69, 9.17) is 136 Å². The van der Waals surface area contributed by atoms with Crippen LogP contribution in [0, 0.1) is 46.9 Å². The molecule has 16 rings (SSSR count). The highest BCUT2D eigenvalue weighted by Crippen LogP contribution is 2.41. The van der Waals surface area contributed by atoms with E-state index in [1.165, 1.54) is 30.3 Å². The second kappa shape index (κ2) is 32.1. The second-order valence-corrected chi connectivity index (χ2v) is 18.8. The van der Waals surface area contributed by atoms with Crippen molar-refractivity contribution in [2.45, 2.75) is 49.1 Å². The van der Waals surface area contributed by atoms with Crippen LogP contribution >= 0.6 is 0 Å². The monoisotopic (exact) mass is 1370 g/mol. The molecule has 96 heavy (non-hydrogen) atoms. The summed E-state index contributed by atoms with van der Waals surface area (Å²) in [7, 11) is 0. The third-order valence-electron chi connectivity index (χ3n) is 12.7. The van der Waals surface area contributed by atoms with Gasteiger partial charge < -0.3 is 78.1 Å². The average molecular weight is 1380 g/mol. The molecule has 8 aliphatic heterocycles. The van der Waals surface area contributed by atoms with Crippen molar-refractivity contribution in [1.82, 2.24) is 21.3 Å². The van der Waals surface area contributed by atoms with Crippen molar-refractivity contribution in [2.75, 3.05) is 105 Å². The molecule has 20 heteroatoms. The molecule has 0 aromatic heterocycles. The van der Waals surface area contributed by atoms with Gasteiger partial charge in [-0.1, -0.05) is 48.3 Å². The highest BCUT2D eigenvalue weighted by Gasteiger charge is 2.32. The number of nitrogens with one attached hydrogen (secondary N) is 4. The molecule has 4 unspecified atom stereocenters. The van der Waals surface area contributed by atoms with Crippen LogP contribution in [0.5, 0.6) is 69.0 Å². The maximum atomic E-state index is 14.4. The summed E-state index contributed by atoms with van der Waals surface area (Å²) in [5.74, 6) is -35.1. The topological polar surface area (TPSA) is 159 Å². The Morgan fingerprint density at radius 3 is 1.07 bits per heavy atom. The molecule has 0 bridgehead atoms. The van der Waals surface area contributed by atoms with E-state index in [0.29, 0.717) is 0 Å². The van der Waals surface area contributed by atoms with Gasteiger partial charge in [-0.2, -0.15) is 0 Å². The van der Waals surface area contributed by atoms with Crippen molar-refractivity contribution in [3.63, 3.8) is 0 Å². The third kappa shape index (κ3) is 17.1. The van der Waals surface area contributed by atoms with E-state index in [1.807, 2.05) is 5.32 Å². The van der Waals surface area contributed by atoms with Gasteiger partial charge in [0.2, 0.25) is 27.0 Å². The average Bonchev–Trinajstić information content (AvgIpc) is 0.689. The molecular weight excluding hydrogens is 1240 g/mol. The molecule has 8 heterocycles. The van der Waals surface area contributed by atoms with Crippen LogP contribution in [0.2, 0.25) is 0 Å². The lowest BCUT2D eigenvalue weighted by Gasteiger charge is -2.32. The standard InChI is InChI=1S/4C19H20FNO3/c4*20-15-3-1-13(2-4-15)17-7-8-21-10-14(17)11-22-16-5-6-18-19(9-16)24-12-23-18/h4*1-6,9,14,17,21H,7-8,10-12H2/t4*14?,17-/m0000/s1/i1D,2D,3D,4D,7D2,8D2,10D2,11D2,12D2,14D,17D;1D,2D,3D,4D,7D2,8D2,10D2,12D2,14D,17D;1D,2D,3D,4D,7D2,8D2,10D2,11D2,12D2,17D;1D,2D,3D,4D,7D2,8D2,10D2,12D2,17D. The third-order valence-corrected chi connectivity index (χ3v) is 12.7. The maximum absolute atomic E-state index is 14.4. The fourth-order valence-electron chi connectivity index (χ4n) is 8.26. The van der Waals surface area contributed by atoms with Gasteiger partial charge in [0.15, 0.2) is 46.0 Å². The molecule has 8 aliphatic rings. The molecule has 8 aromatic carbocycles.